The number of thiazole rings is 2. The number of aromatic hydroxyl groups is 2. The third-order valence-corrected chi connectivity index (χ3v) is 11.4. The van der Waals surface area contributed by atoms with E-state index in [1.165, 1.54) is 32.0 Å². The zero-order valence-corrected chi connectivity index (χ0v) is 31.0. The van der Waals surface area contributed by atoms with Gasteiger partial charge in [0.1, 0.15) is 0 Å². The highest BCUT2D eigenvalue weighted by Crippen LogP contribution is 2.45. The predicted octanol–water partition coefficient (Wildman–Crippen LogP) is 10.9. The molecule has 48 heavy (non-hydrogen) atoms. The monoisotopic (exact) mass is 816 g/mol. The second-order valence-electron chi connectivity index (χ2n) is 10.7. The van der Waals surface area contributed by atoms with Crippen molar-refractivity contribution in [3.8, 4) is 44.5 Å². The smallest absolute Gasteiger partial charge is 0.220 e. The minimum absolute atomic E-state index is 0.113. The van der Waals surface area contributed by atoms with Crippen molar-refractivity contribution in [2.75, 3.05) is 0 Å². The highest BCUT2D eigenvalue weighted by Gasteiger charge is 2.34. The van der Waals surface area contributed by atoms with Crippen molar-refractivity contribution in [2.24, 2.45) is 0 Å². The Bertz CT molecular complexity index is 2190. The minimum atomic E-state index is -0.649. The van der Waals surface area contributed by atoms with Gasteiger partial charge in [-0.1, -0.05) is 86.6 Å². The number of aryl methyl sites for hydroxylation is 2. The first-order valence-corrected chi connectivity index (χ1v) is 18.2. The van der Waals surface area contributed by atoms with Crippen LogP contribution in [0.4, 0.5) is 0 Å². The fraction of sp³-hybridized carbons (Fsp3) is 0.0909. The molecule has 0 atom stereocenters. The van der Waals surface area contributed by atoms with E-state index < -0.39 is 5.92 Å². The zero-order chi connectivity index (χ0) is 33.9. The van der Waals surface area contributed by atoms with Crippen LogP contribution in [0.15, 0.2) is 75.9 Å². The van der Waals surface area contributed by atoms with Crippen LogP contribution in [0.25, 0.3) is 32.8 Å². The van der Waals surface area contributed by atoms with E-state index in [0.717, 1.165) is 21.2 Å². The summed E-state index contributed by atoms with van der Waals surface area (Å²) in [7, 11) is 0. The van der Waals surface area contributed by atoms with E-state index in [-0.39, 0.29) is 11.8 Å². The number of hydrogen-bond donors (Lipinski definition) is 2. The van der Waals surface area contributed by atoms with E-state index in [1.54, 1.807) is 24.3 Å². The van der Waals surface area contributed by atoms with Gasteiger partial charge < -0.3 is 10.2 Å². The Morgan fingerprint density at radius 2 is 1.08 bits per heavy atom. The predicted molar refractivity (Wildman–Crippen MR) is 197 cm³/mol. The maximum Gasteiger partial charge on any atom is 0.220 e. The lowest BCUT2D eigenvalue weighted by Crippen LogP contribution is -2.06. The molecule has 0 spiro atoms. The molecule has 0 unspecified atom stereocenters. The molecule has 0 aliphatic carbocycles. The largest absolute Gasteiger partial charge is 0.493 e. The Kier molecular flexibility index (Phi) is 9.05. The van der Waals surface area contributed by atoms with Crippen LogP contribution >= 0.6 is 85.0 Å². The summed E-state index contributed by atoms with van der Waals surface area (Å²) in [4.78, 5) is 9.46. The molecule has 3 aromatic carbocycles. The van der Waals surface area contributed by atoms with Crippen LogP contribution in [0.1, 0.15) is 34.0 Å². The van der Waals surface area contributed by atoms with E-state index >= 15 is 0 Å². The quantitative estimate of drug-likeness (QED) is 0.166. The second kappa shape index (κ2) is 13.1. The van der Waals surface area contributed by atoms with Crippen LogP contribution in [-0.2, 0) is 0 Å². The van der Waals surface area contributed by atoms with Crippen LogP contribution in [-0.4, -0.2) is 39.7 Å². The van der Waals surface area contributed by atoms with Gasteiger partial charge in [0, 0.05) is 43.4 Å². The van der Waals surface area contributed by atoms with Gasteiger partial charge in [0.25, 0.3) is 0 Å². The van der Waals surface area contributed by atoms with Crippen LogP contribution in [0.2, 0.25) is 20.1 Å². The summed E-state index contributed by atoms with van der Waals surface area (Å²) in [6, 6.07) is 18.2. The summed E-state index contributed by atoms with van der Waals surface area (Å²) in [5.74, 6) is -0.874. The molecule has 0 aliphatic heterocycles. The molecule has 7 rings (SSSR count). The van der Waals surface area contributed by atoms with E-state index in [1.807, 2.05) is 61.0 Å². The molecule has 0 aliphatic rings. The van der Waals surface area contributed by atoms with Crippen molar-refractivity contribution in [1.29, 1.82) is 0 Å². The third-order valence-electron chi connectivity index (χ3n) is 7.72. The Morgan fingerprint density at radius 1 is 0.646 bits per heavy atom. The molecule has 8 nitrogen and oxygen atoms in total. The van der Waals surface area contributed by atoms with Gasteiger partial charge in [-0.15, -0.1) is 22.7 Å². The van der Waals surface area contributed by atoms with Gasteiger partial charge in [-0.05, 0) is 55.8 Å². The first-order valence-electron chi connectivity index (χ1n) is 14.1. The van der Waals surface area contributed by atoms with Crippen molar-refractivity contribution < 1.29 is 10.2 Å². The minimum Gasteiger partial charge on any atom is -0.493 e. The van der Waals surface area contributed by atoms with Crippen molar-refractivity contribution in [3.05, 3.63) is 124 Å². The van der Waals surface area contributed by atoms with Gasteiger partial charge in [0.15, 0.2) is 0 Å². The molecule has 0 fully saturated rings. The molecule has 0 radical (unpaired) electrons. The first kappa shape index (κ1) is 33.1. The summed E-state index contributed by atoms with van der Waals surface area (Å²) < 4.78 is 3.70. The Labute approximate surface area is 310 Å². The molecule has 0 bridgehead atoms. The molecule has 0 saturated heterocycles. The zero-order valence-electron chi connectivity index (χ0n) is 24.8. The molecular weight excluding hydrogens is 798 g/mol. The molecule has 4 aromatic heterocycles. The summed E-state index contributed by atoms with van der Waals surface area (Å²) in [6.45, 7) is 3.62. The van der Waals surface area contributed by atoms with Crippen LogP contribution in [0.3, 0.4) is 0 Å². The number of aromatic nitrogens is 6. The maximum atomic E-state index is 11.8. The third kappa shape index (κ3) is 6.02. The number of halogens is 5. The number of nitrogens with zero attached hydrogens (tertiary/aromatic N) is 6. The average molecular weight is 819 g/mol. The fourth-order valence-corrected chi connectivity index (χ4v) is 7.86. The summed E-state index contributed by atoms with van der Waals surface area (Å²) in [5, 5.41) is 39.4. The van der Waals surface area contributed by atoms with E-state index in [9.17, 15) is 10.2 Å². The second-order valence-corrected chi connectivity index (χ2v) is 15.0. The molecule has 7 aromatic rings. The summed E-state index contributed by atoms with van der Waals surface area (Å²) in [5.41, 5.74) is 5.77. The van der Waals surface area contributed by atoms with Gasteiger partial charge >= 0.3 is 0 Å². The lowest BCUT2D eigenvalue weighted by atomic mass is 9.85. The molecule has 0 saturated carbocycles. The van der Waals surface area contributed by atoms with Gasteiger partial charge in [0.05, 0.1) is 42.9 Å². The van der Waals surface area contributed by atoms with Gasteiger partial charge in [-0.25, -0.2) is 9.97 Å². The number of benzene rings is 3. The molecule has 4 heterocycles. The highest BCUT2D eigenvalue weighted by atomic mass is 79.9. The Hall–Kier alpha value is -3.42. The van der Waals surface area contributed by atoms with E-state index in [0.29, 0.717) is 64.3 Å². The number of hydrogen-bond acceptors (Lipinski definition) is 8. The van der Waals surface area contributed by atoms with Crippen molar-refractivity contribution in [2.45, 2.75) is 19.8 Å². The molecular formula is C33H21BrCl4N6O2S2. The Balaban J connectivity index is 1.32. The molecule has 2 N–H and O–H groups in total. The van der Waals surface area contributed by atoms with Crippen molar-refractivity contribution in [1.82, 2.24) is 29.5 Å². The SMILES string of the molecule is Cc1nn(-c2nc(-c3ccc(Cl)c(Cl)c3)cs2)c(O)c1C(c1ccc(Br)cc1)c1c(C)nn(-c2nc(-c3ccc(Cl)c(Cl)c3)cs2)c1O. The van der Waals surface area contributed by atoms with Crippen LogP contribution < -0.4 is 0 Å². The molecule has 242 valence electrons. The summed E-state index contributed by atoms with van der Waals surface area (Å²) in [6.07, 6.45) is 0. The van der Waals surface area contributed by atoms with Gasteiger partial charge in [0.2, 0.25) is 22.0 Å². The fourth-order valence-electron chi connectivity index (χ4n) is 5.43. The van der Waals surface area contributed by atoms with E-state index in [4.69, 9.17) is 66.6 Å². The lowest BCUT2D eigenvalue weighted by Gasteiger charge is -2.18. The summed E-state index contributed by atoms with van der Waals surface area (Å²) >= 11 is 30.9. The van der Waals surface area contributed by atoms with E-state index in [2.05, 4.69) is 15.9 Å². The van der Waals surface area contributed by atoms with Crippen molar-refractivity contribution >= 4 is 85.0 Å². The van der Waals surface area contributed by atoms with Crippen molar-refractivity contribution in [3.63, 3.8) is 0 Å². The molecule has 0 amide bonds. The topological polar surface area (TPSA) is 102 Å². The molecule has 15 heteroatoms. The normalized spacial score (nSPS) is 11.6. The average Bonchev–Trinajstić information content (AvgIpc) is 3.85. The van der Waals surface area contributed by atoms with Gasteiger partial charge in [-0.3, -0.25) is 0 Å². The van der Waals surface area contributed by atoms with Crippen LogP contribution in [0, 0.1) is 13.8 Å². The first-order chi connectivity index (χ1) is 23.0. The van der Waals surface area contributed by atoms with Crippen LogP contribution in [0.5, 0.6) is 11.8 Å². The standard InChI is InChI=1S/C33H21BrCl4N6O2S2/c1-15-27(30(45)43(41-15)32-39-25(13-47-32)18-5-9-21(35)23(37)11-18)29(17-3-7-20(34)8-4-17)28-16(2)42-44(31(28)46)33-40-26(14-48-33)19-6-10-22(36)24(38)12-19/h3-14,29,45-46H,1-2H3. The maximum absolute atomic E-state index is 11.8. The highest BCUT2D eigenvalue weighted by molar-refractivity contribution is 9.10. The van der Waals surface area contributed by atoms with Gasteiger partial charge in [-0.2, -0.15) is 19.6 Å². The Morgan fingerprint density at radius 3 is 1.50 bits per heavy atom. The number of rotatable bonds is 7. The lowest BCUT2D eigenvalue weighted by molar-refractivity contribution is 0.420.